The first-order valence-electron chi connectivity index (χ1n) is 29.6. The van der Waals surface area contributed by atoms with Crippen LogP contribution < -0.4 is 9.80 Å². The molecule has 0 unspecified atom stereocenters. The van der Waals surface area contributed by atoms with Crippen molar-refractivity contribution < 1.29 is 8.83 Å². The molecule has 0 aliphatic rings. The minimum Gasteiger partial charge on any atom is -0.453 e. The third-order valence-electron chi connectivity index (χ3n) is 18.6. The Bertz CT molecular complexity index is 5630. The van der Waals surface area contributed by atoms with E-state index in [0.717, 1.165) is 100 Å². The van der Waals surface area contributed by atoms with Gasteiger partial charge in [0.15, 0.2) is 11.2 Å². The van der Waals surface area contributed by atoms with Crippen molar-refractivity contribution in [2.24, 2.45) is 0 Å². The third-order valence-corrected chi connectivity index (χ3v) is 18.6. The number of furan rings is 2. The van der Waals surface area contributed by atoms with E-state index in [1.54, 1.807) is 0 Å². The summed E-state index contributed by atoms with van der Waals surface area (Å²) < 4.78 is 19.4. The molecule has 86 heavy (non-hydrogen) atoms. The van der Waals surface area contributed by atoms with Crippen molar-refractivity contribution in [1.82, 2.24) is 8.80 Å². The Balaban J connectivity index is 0.824. The lowest BCUT2D eigenvalue weighted by Gasteiger charge is -2.26. The van der Waals surface area contributed by atoms with Gasteiger partial charge in [-0.2, -0.15) is 0 Å². The Morgan fingerprint density at radius 2 is 0.593 bits per heavy atom. The summed E-state index contributed by atoms with van der Waals surface area (Å²) in [6.45, 7) is 4.34. The van der Waals surface area contributed by atoms with E-state index in [0.29, 0.717) is 0 Å². The number of benzene rings is 13. The number of anilines is 6. The molecule has 0 amide bonds. The predicted octanol–water partition coefficient (Wildman–Crippen LogP) is 22.7. The minimum atomic E-state index is 0.851. The Morgan fingerprint density at radius 3 is 1.03 bits per heavy atom. The van der Waals surface area contributed by atoms with Crippen LogP contribution in [-0.2, 0) is 0 Å². The first-order chi connectivity index (χ1) is 42.6. The molecule has 0 bridgehead atoms. The molecule has 0 atom stereocenters. The number of nitrogens with zero attached hydrogens (tertiary/aromatic N) is 4. The standard InChI is InChI=1S/C80H50N4O2/c1-47-21-9-11-27-51(47)55-31-15-33-57-59-35-17-43-69(79(59)85-77(55)57)81(49-23-5-3-6-24-49)65-39-19-41-67-73(65)61-37-13-29-53-63-46-72-64(45-71(63)83(67)75(53)61)54-30-14-38-62-74-66(40-20-42-68(74)84(72)76(54)62)82(50-25-7-4-8-26-50)70-44-18-36-60-58-34-16-32-56(78(58)86-80(60)70)52-28-12-10-22-48(52)2/h3-46H,1-2H3. The van der Waals surface area contributed by atoms with Crippen molar-refractivity contribution in [2.45, 2.75) is 13.8 Å². The average Bonchev–Trinajstić information content (AvgIpc) is 1.60. The summed E-state index contributed by atoms with van der Waals surface area (Å²) in [4.78, 5) is 4.82. The molecular formula is C80H50N4O2. The van der Waals surface area contributed by atoms with Crippen LogP contribution >= 0.6 is 0 Å². The molecule has 6 heteroatoms. The summed E-state index contributed by atoms with van der Waals surface area (Å²) in [5, 5.41) is 14.0. The van der Waals surface area contributed by atoms with E-state index in [4.69, 9.17) is 8.83 Å². The maximum atomic E-state index is 7.19. The number of fused-ring (bicyclic) bond motifs is 18. The predicted molar refractivity (Wildman–Crippen MR) is 360 cm³/mol. The fraction of sp³-hybridized carbons (Fsp3) is 0.0250. The van der Waals surface area contributed by atoms with E-state index < -0.39 is 0 Å². The zero-order chi connectivity index (χ0) is 56.5. The number of aromatic nitrogens is 2. The number of hydrogen-bond donors (Lipinski definition) is 0. The van der Waals surface area contributed by atoms with Gasteiger partial charge in [0.05, 0.1) is 55.8 Å². The Kier molecular flexibility index (Phi) is 9.65. The molecule has 13 aromatic carbocycles. The second-order valence-corrected chi connectivity index (χ2v) is 23.2. The van der Waals surface area contributed by atoms with Crippen molar-refractivity contribution in [1.29, 1.82) is 0 Å². The van der Waals surface area contributed by atoms with Crippen LogP contribution in [0.2, 0.25) is 0 Å². The van der Waals surface area contributed by atoms with Crippen LogP contribution in [0.4, 0.5) is 34.1 Å². The lowest BCUT2D eigenvalue weighted by Crippen LogP contribution is -2.10. The van der Waals surface area contributed by atoms with Crippen LogP contribution in [0.15, 0.2) is 276 Å². The molecule has 19 aromatic rings. The molecule has 0 saturated heterocycles. The zero-order valence-electron chi connectivity index (χ0n) is 47.0. The van der Waals surface area contributed by atoms with Gasteiger partial charge in [-0.25, -0.2) is 0 Å². The van der Waals surface area contributed by atoms with Crippen molar-refractivity contribution in [3.63, 3.8) is 0 Å². The van der Waals surface area contributed by atoms with Crippen LogP contribution in [-0.4, -0.2) is 8.80 Å². The molecule has 6 aromatic heterocycles. The van der Waals surface area contributed by atoms with Gasteiger partial charge in [0, 0.05) is 87.1 Å². The molecule has 19 rings (SSSR count). The lowest BCUT2D eigenvalue weighted by atomic mass is 9.98. The molecule has 402 valence electrons. The number of para-hydroxylation sites is 8. The average molecular weight is 1100 g/mol. The molecule has 0 aliphatic carbocycles. The van der Waals surface area contributed by atoms with Gasteiger partial charge in [-0.3, -0.25) is 0 Å². The van der Waals surface area contributed by atoms with E-state index >= 15 is 0 Å². The first-order valence-corrected chi connectivity index (χ1v) is 29.6. The van der Waals surface area contributed by atoms with Gasteiger partial charge in [-0.15, -0.1) is 0 Å². The van der Waals surface area contributed by atoms with Gasteiger partial charge in [0.2, 0.25) is 0 Å². The monoisotopic (exact) mass is 1100 g/mol. The van der Waals surface area contributed by atoms with E-state index in [-0.39, 0.29) is 0 Å². The largest absolute Gasteiger partial charge is 0.453 e. The van der Waals surface area contributed by atoms with Gasteiger partial charge < -0.3 is 27.4 Å². The molecule has 0 saturated carbocycles. The summed E-state index contributed by atoms with van der Waals surface area (Å²) >= 11 is 0. The molecule has 0 spiro atoms. The van der Waals surface area contributed by atoms with Gasteiger partial charge in [0.1, 0.15) is 11.2 Å². The highest BCUT2D eigenvalue weighted by Crippen LogP contribution is 2.53. The van der Waals surface area contributed by atoms with Crippen molar-refractivity contribution >= 4 is 154 Å². The highest BCUT2D eigenvalue weighted by Gasteiger charge is 2.30. The smallest absolute Gasteiger partial charge is 0.159 e. The van der Waals surface area contributed by atoms with Crippen LogP contribution in [0.1, 0.15) is 11.1 Å². The molecular weight excluding hydrogens is 1050 g/mol. The fourth-order valence-electron chi connectivity index (χ4n) is 15.0. The molecule has 0 N–H and O–H groups in total. The Morgan fingerprint density at radius 1 is 0.256 bits per heavy atom. The minimum absolute atomic E-state index is 0.851. The van der Waals surface area contributed by atoms with Gasteiger partial charge in [0.25, 0.3) is 0 Å². The molecule has 0 radical (unpaired) electrons. The molecule has 0 fully saturated rings. The summed E-state index contributed by atoms with van der Waals surface area (Å²) in [7, 11) is 0. The third kappa shape index (κ3) is 6.34. The van der Waals surface area contributed by atoms with E-state index in [9.17, 15) is 0 Å². The molecule has 6 heterocycles. The quantitative estimate of drug-likeness (QED) is 0.152. The first kappa shape index (κ1) is 47.2. The maximum Gasteiger partial charge on any atom is 0.159 e. The Labute approximate surface area is 493 Å². The Hall–Kier alpha value is -11.3. The van der Waals surface area contributed by atoms with Crippen molar-refractivity contribution in [3.8, 4) is 22.3 Å². The van der Waals surface area contributed by atoms with Gasteiger partial charge >= 0.3 is 0 Å². The van der Waals surface area contributed by atoms with E-state index in [1.165, 1.54) is 87.4 Å². The number of hydrogen-bond acceptors (Lipinski definition) is 4. The van der Waals surface area contributed by atoms with Crippen LogP contribution in [0.5, 0.6) is 0 Å². The second kappa shape index (κ2) is 17.6. The maximum absolute atomic E-state index is 7.19. The lowest BCUT2D eigenvalue weighted by molar-refractivity contribution is 0.670. The number of rotatable bonds is 8. The van der Waals surface area contributed by atoms with Gasteiger partial charge in [-0.1, -0.05) is 194 Å². The molecule has 0 aliphatic heterocycles. The summed E-state index contributed by atoms with van der Waals surface area (Å²) in [5.74, 6) is 0. The van der Waals surface area contributed by atoms with Crippen LogP contribution in [0.3, 0.4) is 0 Å². The normalized spacial score (nSPS) is 12.3. The SMILES string of the molecule is Cc1ccccc1-c1cccc2c1oc1c(N(c3ccccc3)c3cccc4c3c3cccc5c6cc7c(cc6n4c53)c3cccc4c5c(N(c6ccccc6)c6cccc8c6oc6c(-c9ccccc9C)cccc68)cccc5n7c34)cccc12. The fourth-order valence-corrected chi connectivity index (χ4v) is 15.0. The van der Waals surface area contributed by atoms with E-state index in [2.05, 4.69) is 299 Å². The van der Waals surface area contributed by atoms with E-state index in [1.807, 2.05) is 0 Å². The van der Waals surface area contributed by atoms with Crippen molar-refractivity contribution in [3.05, 3.63) is 278 Å². The highest BCUT2D eigenvalue weighted by atomic mass is 16.3. The highest BCUT2D eigenvalue weighted by molar-refractivity contribution is 6.32. The number of aryl methyl sites for hydroxylation is 2. The molecule has 6 nitrogen and oxygen atoms in total. The summed E-state index contributed by atoms with van der Waals surface area (Å²) in [6.07, 6.45) is 0. The van der Waals surface area contributed by atoms with Crippen molar-refractivity contribution in [2.75, 3.05) is 9.80 Å². The van der Waals surface area contributed by atoms with Gasteiger partial charge in [-0.05, 0) is 109 Å². The second-order valence-electron chi connectivity index (χ2n) is 23.2. The summed E-state index contributed by atoms with van der Waals surface area (Å²) in [6, 6.07) is 97.2. The van der Waals surface area contributed by atoms with Crippen LogP contribution in [0, 0.1) is 13.8 Å². The summed E-state index contributed by atoms with van der Waals surface area (Å²) in [5.41, 5.74) is 23.8. The zero-order valence-corrected chi connectivity index (χ0v) is 47.0. The van der Waals surface area contributed by atoms with Crippen LogP contribution in [0.25, 0.3) is 142 Å². The topological polar surface area (TPSA) is 41.6 Å².